The first-order valence-corrected chi connectivity index (χ1v) is 9.35. The van der Waals surface area contributed by atoms with E-state index in [1.807, 2.05) is 6.07 Å². The third kappa shape index (κ3) is 2.82. The molecule has 0 radical (unpaired) electrons. The lowest BCUT2D eigenvalue weighted by atomic mass is 9.93. The van der Waals surface area contributed by atoms with Crippen LogP contribution in [0.25, 0.3) is 0 Å². The smallest absolute Gasteiger partial charge is 0.231 e. The van der Waals surface area contributed by atoms with Crippen LogP contribution in [0, 0.1) is 17.8 Å². The zero-order valence-corrected chi connectivity index (χ0v) is 14.2. The summed E-state index contributed by atoms with van der Waals surface area (Å²) in [6.07, 6.45) is 7.78. The molecule has 2 heterocycles. The molecule has 0 spiro atoms. The van der Waals surface area contributed by atoms with Crippen molar-refractivity contribution < 1.29 is 9.47 Å². The number of nitrogens with zero attached hydrogens (tertiary/aromatic N) is 2. The fourth-order valence-electron chi connectivity index (χ4n) is 4.86. The largest absolute Gasteiger partial charge is 0.454 e. The van der Waals surface area contributed by atoms with E-state index in [1.54, 1.807) is 0 Å². The zero-order valence-electron chi connectivity index (χ0n) is 14.2. The Bertz CT molecular complexity index is 637. The molecule has 128 valence electrons. The van der Waals surface area contributed by atoms with Crippen LogP contribution in [0.4, 0.5) is 0 Å². The fraction of sp³-hybridized carbons (Fsp3) is 0.600. The lowest BCUT2D eigenvalue weighted by Crippen LogP contribution is -2.47. The van der Waals surface area contributed by atoms with Gasteiger partial charge in [0.15, 0.2) is 11.5 Å². The van der Waals surface area contributed by atoms with Gasteiger partial charge in [0.25, 0.3) is 0 Å². The van der Waals surface area contributed by atoms with Gasteiger partial charge in [-0.15, -0.1) is 0 Å². The second kappa shape index (κ2) is 6.08. The lowest BCUT2D eigenvalue weighted by molar-refractivity contribution is 0.108. The molecule has 3 atom stereocenters. The highest BCUT2D eigenvalue weighted by Gasteiger charge is 2.36. The van der Waals surface area contributed by atoms with Crippen LogP contribution in [0.2, 0.25) is 0 Å². The molecule has 2 aliphatic heterocycles. The monoisotopic (exact) mass is 326 g/mol. The van der Waals surface area contributed by atoms with E-state index >= 15 is 0 Å². The number of ether oxygens (including phenoxy) is 2. The minimum Gasteiger partial charge on any atom is -0.454 e. The van der Waals surface area contributed by atoms with Crippen molar-refractivity contribution in [2.45, 2.75) is 19.4 Å². The van der Waals surface area contributed by atoms with Gasteiger partial charge in [-0.1, -0.05) is 18.2 Å². The summed E-state index contributed by atoms with van der Waals surface area (Å²) in [5.41, 5.74) is 1.32. The Morgan fingerprint density at radius 1 is 0.917 bits per heavy atom. The second-order valence-electron chi connectivity index (χ2n) is 7.80. The summed E-state index contributed by atoms with van der Waals surface area (Å²) in [5, 5.41) is 0. The molecule has 4 aliphatic rings. The summed E-state index contributed by atoms with van der Waals surface area (Å²) in [6, 6.07) is 6.34. The van der Waals surface area contributed by atoms with E-state index in [0.717, 1.165) is 35.8 Å². The first kappa shape index (κ1) is 14.8. The summed E-state index contributed by atoms with van der Waals surface area (Å²) in [7, 11) is 0. The van der Waals surface area contributed by atoms with Crippen molar-refractivity contribution in [2.24, 2.45) is 17.8 Å². The normalized spacial score (nSPS) is 31.9. The molecule has 1 saturated carbocycles. The molecular weight excluding hydrogens is 300 g/mol. The second-order valence-corrected chi connectivity index (χ2v) is 7.80. The quantitative estimate of drug-likeness (QED) is 0.795. The highest BCUT2D eigenvalue weighted by Crippen LogP contribution is 2.43. The molecule has 1 saturated heterocycles. The standard InChI is InChI=1S/C20H26N2O2/c1-3-17-9-15(1)10-18(17)13-22-7-5-21(6-8-22)12-16-2-4-19-20(11-16)24-14-23-19/h1-4,11,15,17-18H,5-10,12-14H2/t15-,17-,18+/m0/s1. The Labute approximate surface area is 144 Å². The van der Waals surface area contributed by atoms with Crippen LogP contribution < -0.4 is 9.47 Å². The number of allylic oxidation sites excluding steroid dienone is 2. The topological polar surface area (TPSA) is 24.9 Å². The maximum absolute atomic E-state index is 5.49. The molecule has 5 rings (SSSR count). The van der Waals surface area contributed by atoms with E-state index in [4.69, 9.17) is 9.47 Å². The Morgan fingerprint density at radius 2 is 1.75 bits per heavy atom. The number of rotatable bonds is 4. The van der Waals surface area contributed by atoms with Crippen molar-refractivity contribution in [3.05, 3.63) is 35.9 Å². The molecule has 2 aliphatic carbocycles. The van der Waals surface area contributed by atoms with Gasteiger partial charge in [0.1, 0.15) is 0 Å². The van der Waals surface area contributed by atoms with Gasteiger partial charge in [0.05, 0.1) is 0 Å². The number of fused-ring (bicyclic) bond motifs is 3. The van der Waals surface area contributed by atoms with E-state index in [0.29, 0.717) is 6.79 Å². The molecule has 0 amide bonds. The molecule has 1 aromatic carbocycles. The molecule has 1 aromatic rings. The van der Waals surface area contributed by atoms with E-state index < -0.39 is 0 Å². The highest BCUT2D eigenvalue weighted by atomic mass is 16.7. The molecule has 4 nitrogen and oxygen atoms in total. The Kier molecular flexibility index (Phi) is 3.75. The average molecular weight is 326 g/mol. The first-order valence-electron chi connectivity index (χ1n) is 9.35. The third-order valence-corrected chi connectivity index (χ3v) is 6.22. The molecule has 2 fully saturated rings. The van der Waals surface area contributed by atoms with E-state index in [2.05, 4.69) is 34.1 Å². The SMILES string of the molecule is C1=C[C@H]2C[C@H]1C[C@@H]2CN1CCN(Cc2ccc3c(c2)OCO3)CC1. The van der Waals surface area contributed by atoms with Crippen LogP contribution in [-0.4, -0.2) is 49.3 Å². The summed E-state index contributed by atoms with van der Waals surface area (Å²) in [4.78, 5) is 5.25. The van der Waals surface area contributed by atoms with Gasteiger partial charge in [0.2, 0.25) is 6.79 Å². The predicted octanol–water partition coefficient (Wildman–Crippen LogP) is 2.75. The van der Waals surface area contributed by atoms with E-state index in [9.17, 15) is 0 Å². The maximum atomic E-state index is 5.49. The number of piperazine rings is 1. The van der Waals surface area contributed by atoms with Gasteiger partial charge in [0, 0.05) is 39.3 Å². The summed E-state index contributed by atoms with van der Waals surface area (Å²) in [5.74, 6) is 4.47. The molecule has 0 unspecified atom stereocenters. The van der Waals surface area contributed by atoms with Gasteiger partial charge in [-0.3, -0.25) is 4.90 Å². The van der Waals surface area contributed by atoms with Gasteiger partial charge >= 0.3 is 0 Å². The van der Waals surface area contributed by atoms with Gasteiger partial charge < -0.3 is 14.4 Å². The van der Waals surface area contributed by atoms with E-state index in [-0.39, 0.29) is 0 Å². The average Bonchev–Trinajstić information content (AvgIpc) is 3.32. The summed E-state index contributed by atoms with van der Waals surface area (Å²) >= 11 is 0. The van der Waals surface area contributed by atoms with Crippen molar-refractivity contribution >= 4 is 0 Å². The van der Waals surface area contributed by atoms with Crippen molar-refractivity contribution in [3.8, 4) is 11.5 Å². The van der Waals surface area contributed by atoms with Crippen LogP contribution in [0.15, 0.2) is 30.4 Å². The van der Waals surface area contributed by atoms with Crippen LogP contribution in [-0.2, 0) is 6.54 Å². The molecule has 0 aromatic heterocycles. The van der Waals surface area contributed by atoms with Crippen molar-refractivity contribution in [1.29, 1.82) is 0 Å². The first-order chi connectivity index (χ1) is 11.8. The zero-order chi connectivity index (χ0) is 15.9. The highest BCUT2D eigenvalue weighted by molar-refractivity contribution is 5.44. The van der Waals surface area contributed by atoms with Crippen molar-refractivity contribution in [1.82, 2.24) is 9.80 Å². The minimum absolute atomic E-state index is 0.357. The summed E-state index contributed by atoms with van der Waals surface area (Å²) < 4.78 is 10.9. The van der Waals surface area contributed by atoms with Gasteiger partial charge in [-0.05, 0) is 48.3 Å². The van der Waals surface area contributed by atoms with Gasteiger partial charge in [-0.25, -0.2) is 0 Å². The number of hydrogen-bond donors (Lipinski definition) is 0. The minimum atomic E-state index is 0.357. The van der Waals surface area contributed by atoms with Crippen LogP contribution in [0.3, 0.4) is 0 Å². The summed E-state index contributed by atoms with van der Waals surface area (Å²) in [6.45, 7) is 7.45. The lowest BCUT2D eigenvalue weighted by Gasteiger charge is -2.37. The molecule has 4 heteroatoms. The Morgan fingerprint density at radius 3 is 2.54 bits per heavy atom. The predicted molar refractivity (Wildman–Crippen MR) is 93.1 cm³/mol. The van der Waals surface area contributed by atoms with Crippen LogP contribution in [0.5, 0.6) is 11.5 Å². The Balaban J connectivity index is 1.12. The molecule has 24 heavy (non-hydrogen) atoms. The maximum Gasteiger partial charge on any atom is 0.231 e. The van der Waals surface area contributed by atoms with Crippen molar-refractivity contribution in [2.75, 3.05) is 39.5 Å². The number of hydrogen-bond acceptors (Lipinski definition) is 4. The van der Waals surface area contributed by atoms with Crippen LogP contribution in [0.1, 0.15) is 18.4 Å². The number of benzene rings is 1. The fourth-order valence-corrected chi connectivity index (χ4v) is 4.86. The molecule has 2 bridgehead atoms. The Hall–Kier alpha value is -1.52. The third-order valence-electron chi connectivity index (χ3n) is 6.22. The van der Waals surface area contributed by atoms with Gasteiger partial charge in [-0.2, -0.15) is 0 Å². The molecular formula is C20H26N2O2. The van der Waals surface area contributed by atoms with E-state index in [1.165, 1.54) is 51.1 Å². The van der Waals surface area contributed by atoms with Crippen molar-refractivity contribution in [3.63, 3.8) is 0 Å². The molecule has 0 N–H and O–H groups in total. The van der Waals surface area contributed by atoms with Crippen LogP contribution >= 0.6 is 0 Å².